The summed E-state index contributed by atoms with van der Waals surface area (Å²) >= 11 is 1.58. The van der Waals surface area contributed by atoms with Crippen molar-refractivity contribution in [1.82, 2.24) is 9.80 Å². The number of thioether (sulfide) groups is 1. The topological polar surface area (TPSA) is 87.2 Å². The third kappa shape index (κ3) is 3.79. The molecule has 0 saturated carbocycles. The first-order valence-corrected chi connectivity index (χ1v) is 12.7. The number of nitrogens with zero attached hydrogens (tertiary/aromatic N) is 2. The summed E-state index contributed by atoms with van der Waals surface area (Å²) in [6, 6.07) is -0.568. The maximum absolute atomic E-state index is 14.0. The molecule has 2 unspecified atom stereocenters. The molecule has 2 saturated heterocycles. The molecule has 4 aliphatic rings. The summed E-state index contributed by atoms with van der Waals surface area (Å²) in [7, 11) is 0. The number of hydrogen-bond acceptors (Lipinski definition) is 6. The normalized spacial score (nSPS) is 35.0. The van der Waals surface area contributed by atoms with Gasteiger partial charge >= 0.3 is 5.97 Å². The zero-order valence-electron chi connectivity index (χ0n) is 18.9. The predicted octanol–water partition coefficient (Wildman–Crippen LogP) is 2.15. The zero-order valence-corrected chi connectivity index (χ0v) is 19.8. The molecule has 6 atom stereocenters. The summed E-state index contributed by atoms with van der Waals surface area (Å²) in [6.07, 6.45) is 11.8. The van der Waals surface area contributed by atoms with E-state index in [0.29, 0.717) is 39.0 Å². The Morgan fingerprint density at radius 3 is 2.81 bits per heavy atom. The molecule has 2 amide bonds. The highest BCUT2D eigenvalue weighted by atomic mass is 32.2. The Morgan fingerprint density at radius 1 is 1.25 bits per heavy atom. The first kappa shape index (κ1) is 23.4. The Bertz CT molecular complexity index is 814. The van der Waals surface area contributed by atoms with Crippen LogP contribution in [0.2, 0.25) is 0 Å². The van der Waals surface area contributed by atoms with Crippen LogP contribution in [0, 0.1) is 11.8 Å². The molecular formula is C24H34N2O5S. The van der Waals surface area contributed by atoms with Gasteiger partial charge in [0.2, 0.25) is 11.8 Å². The van der Waals surface area contributed by atoms with Gasteiger partial charge in [0.1, 0.15) is 6.04 Å². The van der Waals surface area contributed by atoms with Crippen LogP contribution in [0.4, 0.5) is 0 Å². The molecule has 4 aliphatic heterocycles. The average molecular weight is 463 g/mol. The lowest BCUT2D eigenvalue weighted by Crippen LogP contribution is -2.55. The number of aliphatic hydroxyl groups is 1. The highest BCUT2D eigenvalue weighted by Crippen LogP contribution is 2.60. The number of unbranched alkanes of at least 4 members (excludes halogenated alkanes) is 1. The van der Waals surface area contributed by atoms with Gasteiger partial charge in [-0.15, -0.1) is 11.8 Å². The summed E-state index contributed by atoms with van der Waals surface area (Å²) in [5, 5.41) is 9.07. The fraction of sp³-hybridized carbons (Fsp3) is 0.708. The van der Waals surface area contributed by atoms with Gasteiger partial charge in [0.05, 0.1) is 23.2 Å². The molecule has 4 rings (SSSR count). The molecule has 32 heavy (non-hydrogen) atoms. The molecule has 176 valence electrons. The molecule has 0 radical (unpaired) electrons. The molecule has 1 spiro atoms. The minimum absolute atomic E-state index is 0.0325. The molecule has 2 fully saturated rings. The van der Waals surface area contributed by atoms with E-state index in [9.17, 15) is 19.5 Å². The number of aliphatic hydroxyl groups excluding tert-OH is 1. The zero-order chi connectivity index (χ0) is 22.9. The summed E-state index contributed by atoms with van der Waals surface area (Å²) in [5.41, 5.74) is 0. The SMILES string of the molecule is CCCC(C)N1CC=C[C@]23S[C@H]4C=CCCOC(=O)[C@H]4[C@H]2C(=O)N(CCCCO)C3C1=O. The third-order valence-corrected chi connectivity index (χ3v) is 8.94. The van der Waals surface area contributed by atoms with Crippen molar-refractivity contribution in [2.75, 3.05) is 26.3 Å². The van der Waals surface area contributed by atoms with E-state index >= 15 is 0 Å². The van der Waals surface area contributed by atoms with Crippen molar-refractivity contribution >= 4 is 29.5 Å². The fourth-order valence-corrected chi connectivity index (χ4v) is 7.73. The molecule has 4 heterocycles. The van der Waals surface area contributed by atoms with Crippen LogP contribution in [0.5, 0.6) is 0 Å². The first-order valence-electron chi connectivity index (χ1n) is 11.9. The number of ether oxygens (including phenoxy) is 1. The smallest absolute Gasteiger partial charge is 0.311 e. The van der Waals surface area contributed by atoms with Gasteiger partial charge < -0.3 is 19.6 Å². The van der Waals surface area contributed by atoms with E-state index in [1.807, 2.05) is 29.2 Å². The van der Waals surface area contributed by atoms with Crippen LogP contribution in [0.15, 0.2) is 24.3 Å². The first-order chi connectivity index (χ1) is 15.5. The molecule has 7 nitrogen and oxygen atoms in total. The maximum Gasteiger partial charge on any atom is 0.311 e. The molecule has 8 heteroatoms. The van der Waals surface area contributed by atoms with Gasteiger partial charge in [-0.2, -0.15) is 0 Å². The second-order valence-electron chi connectivity index (χ2n) is 9.22. The quantitative estimate of drug-likeness (QED) is 0.354. The van der Waals surface area contributed by atoms with Crippen molar-refractivity contribution in [3.05, 3.63) is 24.3 Å². The van der Waals surface area contributed by atoms with Crippen molar-refractivity contribution in [2.24, 2.45) is 11.8 Å². The standard InChI is InChI=1S/C24H34N2O5S/c1-3-9-16(2)25-13-8-11-24-19(18-17(32-24)10-4-7-15-31-23(18)30)21(28)26(12-5-6-14-27)20(24)22(25)29/h4,8,10-11,16-20,27H,3,5-7,9,12-15H2,1-2H3/t16?,17-,18+,19-,20?,24-/m0/s1. The molecule has 0 aromatic carbocycles. The van der Waals surface area contributed by atoms with Gasteiger partial charge in [-0.3, -0.25) is 14.4 Å². The Hall–Kier alpha value is -1.80. The van der Waals surface area contributed by atoms with Crippen LogP contribution in [0.3, 0.4) is 0 Å². The summed E-state index contributed by atoms with van der Waals surface area (Å²) < 4.78 is 4.71. The van der Waals surface area contributed by atoms with Gasteiger partial charge in [0, 0.05) is 31.0 Å². The van der Waals surface area contributed by atoms with Crippen LogP contribution in [-0.2, 0) is 19.1 Å². The van der Waals surface area contributed by atoms with Crippen molar-refractivity contribution in [3.8, 4) is 0 Å². The highest BCUT2D eigenvalue weighted by molar-refractivity contribution is 8.02. The third-order valence-electron chi connectivity index (χ3n) is 7.20. The number of carbonyl (C=O) groups is 3. The Kier molecular flexibility index (Phi) is 7.00. The largest absolute Gasteiger partial charge is 0.465 e. The van der Waals surface area contributed by atoms with E-state index in [2.05, 4.69) is 13.8 Å². The maximum atomic E-state index is 14.0. The van der Waals surface area contributed by atoms with Crippen LogP contribution in [0.1, 0.15) is 46.0 Å². The predicted molar refractivity (Wildman–Crippen MR) is 123 cm³/mol. The fourth-order valence-electron chi connectivity index (χ4n) is 5.73. The molecule has 0 bridgehead atoms. The van der Waals surface area contributed by atoms with E-state index in [0.717, 1.165) is 12.8 Å². The lowest BCUT2D eigenvalue weighted by Gasteiger charge is -2.37. The van der Waals surface area contributed by atoms with E-state index < -0.39 is 22.6 Å². The molecular weight excluding hydrogens is 428 g/mol. The van der Waals surface area contributed by atoms with Gasteiger partial charge in [-0.25, -0.2) is 0 Å². The Balaban J connectivity index is 1.76. The Labute approximate surface area is 194 Å². The van der Waals surface area contributed by atoms with E-state index in [1.165, 1.54) is 0 Å². The number of carbonyl (C=O) groups excluding carboxylic acids is 3. The van der Waals surface area contributed by atoms with Gasteiger partial charge in [0.25, 0.3) is 0 Å². The highest BCUT2D eigenvalue weighted by Gasteiger charge is 2.70. The summed E-state index contributed by atoms with van der Waals surface area (Å²) in [6.45, 7) is 5.45. The minimum Gasteiger partial charge on any atom is -0.465 e. The van der Waals surface area contributed by atoms with Crippen LogP contribution in [-0.4, -0.2) is 81.1 Å². The number of cyclic esters (lactones) is 1. The van der Waals surface area contributed by atoms with Gasteiger partial charge in [-0.1, -0.05) is 37.6 Å². The van der Waals surface area contributed by atoms with Gasteiger partial charge in [-0.05, 0) is 32.6 Å². The lowest BCUT2D eigenvalue weighted by atomic mass is 9.78. The number of esters is 1. The van der Waals surface area contributed by atoms with Crippen molar-refractivity contribution in [3.63, 3.8) is 0 Å². The second-order valence-corrected chi connectivity index (χ2v) is 10.7. The number of amides is 2. The van der Waals surface area contributed by atoms with E-state index in [1.54, 1.807) is 16.7 Å². The molecule has 0 aromatic rings. The van der Waals surface area contributed by atoms with Crippen LogP contribution in [0.25, 0.3) is 0 Å². The summed E-state index contributed by atoms with van der Waals surface area (Å²) in [5.74, 6) is -1.71. The number of hydrogen-bond donors (Lipinski definition) is 1. The number of likely N-dealkylation sites (tertiary alicyclic amines) is 1. The molecule has 0 aliphatic carbocycles. The molecule has 1 N–H and O–H groups in total. The summed E-state index contributed by atoms with van der Waals surface area (Å²) in [4.78, 5) is 44.4. The monoisotopic (exact) mass is 462 g/mol. The van der Waals surface area contributed by atoms with Gasteiger partial charge in [0.15, 0.2) is 0 Å². The van der Waals surface area contributed by atoms with E-state index in [4.69, 9.17) is 4.74 Å². The Morgan fingerprint density at radius 2 is 2.06 bits per heavy atom. The van der Waals surface area contributed by atoms with E-state index in [-0.39, 0.29) is 35.7 Å². The van der Waals surface area contributed by atoms with Crippen LogP contribution >= 0.6 is 11.8 Å². The number of fused-ring (bicyclic) bond motifs is 2. The lowest BCUT2D eigenvalue weighted by molar-refractivity contribution is -0.153. The van der Waals surface area contributed by atoms with Crippen molar-refractivity contribution in [2.45, 2.75) is 68.0 Å². The van der Waals surface area contributed by atoms with Crippen LogP contribution < -0.4 is 0 Å². The number of rotatable bonds is 7. The minimum atomic E-state index is -0.781. The van der Waals surface area contributed by atoms with Crippen molar-refractivity contribution in [1.29, 1.82) is 0 Å². The van der Waals surface area contributed by atoms with Crippen molar-refractivity contribution < 1.29 is 24.2 Å². The molecule has 0 aromatic heterocycles. The second kappa shape index (κ2) is 9.59. The average Bonchev–Trinajstić information content (AvgIpc) is 3.12.